The molecule has 1 aliphatic rings. The summed E-state index contributed by atoms with van der Waals surface area (Å²) in [6.07, 6.45) is 5.13. The van der Waals surface area contributed by atoms with Crippen molar-refractivity contribution in [2.45, 2.75) is 12.8 Å². The SMILES string of the molecule is COCCNc1ncc(C(=O)N2CCCc3ccccc32)cn1. The summed E-state index contributed by atoms with van der Waals surface area (Å²) in [4.78, 5) is 22.9. The van der Waals surface area contributed by atoms with Crippen LogP contribution in [-0.4, -0.2) is 42.7 Å². The third-order valence-electron chi connectivity index (χ3n) is 3.84. The molecule has 0 saturated heterocycles. The molecular formula is C17H20N4O2. The van der Waals surface area contributed by atoms with Crippen molar-refractivity contribution in [3.8, 4) is 0 Å². The lowest BCUT2D eigenvalue weighted by molar-refractivity contribution is 0.0984. The molecule has 1 aromatic heterocycles. The highest BCUT2D eigenvalue weighted by atomic mass is 16.5. The molecule has 0 unspecified atom stereocenters. The molecule has 0 aliphatic carbocycles. The summed E-state index contributed by atoms with van der Waals surface area (Å²) in [6, 6.07) is 8.04. The fourth-order valence-electron chi connectivity index (χ4n) is 2.70. The van der Waals surface area contributed by atoms with E-state index in [1.807, 2.05) is 23.1 Å². The monoisotopic (exact) mass is 312 g/mol. The molecule has 3 rings (SSSR count). The molecule has 23 heavy (non-hydrogen) atoms. The van der Waals surface area contributed by atoms with Gasteiger partial charge in [0.2, 0.25) is 5.95 Å². The van der Waals surface area contributed by atoms with Crippen molar-refractivity contribution >= 4 is 17.5 Å². The summed E-state index contributed by atoms with van der Waals surface area (Å²) in [5.74, 6) is 0.443. The second-order valence-electron chi connectivity index (χ2n) is 5.40. The third kappa shape index (κ3) is 3.48. The maximum absolute atomic E-state index is 12.7. The predicted molar refractivity (Wildman–Crippen MR) is 88.8 cm³/mol. The summed E-state index contributed by atoms with van der Waals surface area (Å²) < 4.78 is 4.96. The van der Waals surface area contributed by atoms with E-state index in [0.717, 1.165) is 25.1 Å². The van der Waals surface area contributed by atoms with E-state index in [-0.39, 0.29) is 5.91 Å². The summed E-state index contributed by atoms with van der Waals surface area (Å²) in [7, 11) is 1.64. The second kappa shape index (κ2) is 7.19. The smallest absolute Gasteiger partial charge is 0.261 e. The van der Waals surface area contributed by atoms with Crippen LogP contribution in [0.1, 0.15) is 22.3 Å². The number of aryl methyl sites for hydroxylation is 1. The number of ether oxygens (including phenoxy) is 1. The minimum Gasteiger partial charge on any atom is -0.383 e. The largest absolute Gasteiger partial charge is 0.383 e. The Balaban J connectivity index is 1.74. The van der Waals surface area contributed by atoms with Gasteiger partial charge in [-0.2, -0.15) is 0 Å². The van der Waals surface area contributed by atoms with Gasteiger partial charge < -0.3 is 15.0 Å². The van der Waals surface area contributed by atoms with E-state index >= 15 is 0 Å². The van der Waals surface area contributed by atoms with Crippen molar-refractivity contribution < 1.29 is 9.53 Å². The van der Waals surface area contributed by atoms with Crippen molar-refractivity contribution in [1.29, 1.82) is 0 Å². The molecular weight excluding hydrogens is 292 g/mol. The molecule has 0 spiro atoms. The molecule has 6 nitrogen and oxygen atoms in total. The fraction of sp³-hybridized carbons (Fsp3) is 0.353. The lowest BCUT2D eigenvalue weighted by Crippen LogP contribution is -2.35. The second-order valence-corrected chi connectivity index (χ2v) is 5.40. The van der Waals surface area contributed by atoms with Gasteiger partial charge in [-0.05, 0) is 24.5 Å². The zero-order valence-electron chi connectivity index (χ0n) is 13.2. The number of methoxy groups -OCH3 is 1. The zero-order chi connectivity index (χ0) is 16.1. The summed E-state index contributed by atoms with van der Waals surface area (Å²) in [5, 5.41) is 3.03. The van der Waals surface area contributed by atoms with Crippen LogP contribution in [0.4, 0.5) is 11.6 Å². The maximum atomic E-state index is 12.7. The van der Waals surface area contributed by atoms with Crippen LogP contribution in [0.15, 0.2) is 36.7 Å². The number of anilines is 2. The van der Waals surface area contributed by atoms with Gasteiger partial charge in [0.1, 0.15) is 0 Å². The molecule has 0 bridgehead atoms. The zero-order valence-corrected chi connectivity index (χ0v) is 13.2. The number of rotatable bonds is 5. The summed E-state index contributed by atoms with van der Waals surface area (Å²) >= 11 is 0. The third-order valence-corrected chi connectivity index (χ3v) is 3.84. The van der Waals surface area contributed by atoms with Crippen molar-refractivity contribution in [1.82, 2.24) is 9.97 Å². The van der Waals surface area contributed by atoms with Crippen molar-refractivity contribution in [2.24, 2.45) is 0 Å². The lowest BCUT2D eigenvalue weighted by atomic mass is 10.0. The van der Waals surface area contributed by atoms with Gasteiger partial charge in [0.05, 0.1) is 12.2 Å². The first-order valence-electron chi connectivity index (χ1n) is 7.74. The van der Waals surface area contributed by atoms with Crippen LogP contribution in [0, 0.1) is 0 Å². The van der Waals surface area contributed by atoms with E-state index < -0.39 is 0 Å². The van der Waals surface area contributed by atoms with Crippen LogP contribution in [0.25, 0.3) is 0 Å². The molecule has 1 N–H and O–H groups in total. The molecule has 1 aromatic carbocycles. The normalized spacial score (nSPS) is 13.5. The molecule has 0 atom stereocenters. The number of carbonyl (C=O) groups excluding carboxylic acids is 1. The van der Waals surface area contributed by atoms with E-state index in [4.69, 9.17) is 4.74 Å². The Kier molecular flexibility index (Phi) is 4.83. The summed E-state index contributed by atoms with van der Waals surface area (Å²) in [5.41, 5.74) is 2.70. The predicted octanol–water partition coefficient (Wildman–Crippen LogP) is 2.13. The standard InChI is InChI=1S/C17H20N4O2/c1-23-10-8-18-17-19-11-14(12-20-17)16(22)21-9-4-6-13-5-2-3-7-15(13)21/h2-3,5,7,11-12H,4,6,8-10H2,1H3,(H,18,19,20). The van der Waals surface area contributed by atoms with Crippen LogP contribution in [0.2, 0.25) is 0 Å². The van der Waals surface area contributed by atoms with Crippen LogP contribution < -0.4 is 10.2 Å². The Morgan fingerprint density at radius 1 is 1.30 bits per heavy atom. The molecule has 0 radical (unpaired) electrons. The van der Waals surface area contributed by atoms with Crippen LogP contribution >= 0.6 is 0 Å². The van der Waals surface area contributed by atoms with Gasteiger partial charge >= 0.3 is 0 Å². The molecule has 0 fully saturated rings. The number of aromatic nitrogens is 2. The molecule has 1 amide bonds. The van der Waals surface area contributed by atoms with Gasteiger partial charge in [0.25, 0.3) is 5.91 Å². The van der Waals surface area contributed by atoms with Crippen LogP contribution in [0.5, 0.6) is 0 Å². The van der Waals surface area contributed by atoms with Gasteiger partial charge in [-0.25, -0.2) is 9.97 Å². The first-order valence-corrected chi connectivity index (χ1v) is 7.74. The highest BCUT2D eigenvalue weighted by molar-refractivity contribution is 6.06. The quantitative estimate of drug-likeness (QED) is 0.857. The van der Waals surface area contributed by atoms with Crippen molar-refractivity contribution in [3.63, 3.8) is 0 Å². The van der Waals surface area contributed by atoms with Gasteiger partial charge in [0.15, 0.2) is 0 Å². The highest BCUT2D eigenvalue weighted by Crippen LogP contribution is 2.27. The number of fused-ring (bicyclic) bond motifs is 1. The molecule has 1 aliphatic heterocycles. The average Bonchev–Trinajstić information content (AvgIpc) is 2.61. The van der Waals surface area contributed by atoms with Gasteiger partial charge in [-0.3, -0.25) is 4.79 Å². The number of carbonyl (C=O) groups is 1. The topological polar surface area (TPSA) is 67.3 Å². The number of hydrogen-bond acceptors (Lipinski definition) is 5. The van der Waals surface area contributed by atoms with E-state index in [1.54, 1.807) is 19.5 Å². The molecule has 120 valence electrons. The van der Waals surface area contributed by atoms with E-state index in [2.05, 4.69) is 21.4 Å². The van der Waals surface area contributed by atoms with Gasteiger partial charge in [-0.1, -0.05) is 18.2 Å². The Labute approximate surface area is 135 Å². The Hall–Kier alpha value is -2.47. The van der Waals surface area contributed by atoms with E-state index in [0.29, 0.717) is 24.7 Å². The van der Waals surface area contributed by atoms with Crippen molar-refractivity contribution in [3.05, 3.63) is 47.8 Å². The van der Waals surface area contributed by atoms with E-state index in [1.165, 1.54) is 5.56 Å². The number of para-hydroxylation sites is 1. The first-order chi connectivity index (χ1) is 11.3. The Morgan fingerprint density at radius 2 is 2.09 bits per heavy atom. The van der Waals surface area contributed by atoms with Gasteiger partial charge in [0, 0.05) is 38.3 Å². The minimum absolute atomic E-state index is 0.0550. The maximum Gasteiger partial charge on any atom is 0.261 e. The molecule has 2 aromatic rings. The number of hydrogen-bond donors (Lipinski definition) is 1. The van der Waals surface area contributed by atoms with Crippen LogP contribution in [0.3, 0.4) is 0 Å². The number of benzene rings is 1. The Bertz CT molecular complexity index is 673. The number of nitrogens with one attached hydrogen (secondary N) is 1. The number of nitrogens with zero attached hydrogens (tertiary/aromatic N) is 3. The number of amides is 1. The average molecular weight is 312 g/mol. The van der Waals surface area contributed by atoms with Crippen molar-refractivity contribution in [2.75, 3.05) is 37.0 Å². The summed E-state index contributed by atoms with van der Waals surface area (Å²) in [6.45, 7) is 1.93. The fourth-order valence-corrected chi connectivity index (χ4v) is 2.70. The lowest BCUT2D eigenvalue weighted by Gasteiger charge is -2.29. The Morgan fingerprint density at radius 3 is 2.87 bits per heavy atom. The van der Waals surface area contributed by atoms with Gasteiger partial charge in [-0.15, -0.1) is 0 Å². The van der Waals surface area contributed by atoms with E-state index in [9.17, 15) is 4.79 Å². The minimum atomic E-state index is -0.0550. The highest BCUT2D eigenvalue weighted by Gasteiger charge is 2.23. The molecule has 2 heterocycles. The molecule has 6 heteroatoms. The molecule has 0 saturated carbocycles. The first kappa shape index (κ1) is 15.4. The van der Waals surface area contributed by atoms with Crippen LogP contribution in [-0.2, 0) is 11.2 Å².